The van der Waals surface area contributed by atoms with Gasteiger partial charge >= 0.3 is 0 Å². The molecule has 17 heavy (non-hydrogen) atoms. The highest BCUT2D eigenvalue weighted by atomic mass is 15.3. The maximum atomic E-state index is 4.65. The largest absolute Gasteiger partial charge is 0.250 e. The predicted octanol–water partition coefficient (Wildman–Crippen LogP) is 2.45. The lowest BCUT2D eigenvalue weighted by Crippen LogP contribution is -2.18. The van der Waals surface area contributed by atoms with Crippen molar-refractivity contribution < 1.29 is 0 Å². The lowest BCUT2D eigenvalue weighted by atomic mass is 10.0. The molecule has 1 aromatic carbocycles. The van der Waals surface area contributed by atoms with E-state index in [1.807, 2.05) is 6.07 Å². The number of fused-ring (bicyclic) bond motifs is 1. The fourth-order valence-electron chi connectivity index (χ4n) is 2.37. The molecule has 2 heterocycles. The van der Waals surface area contributed by atoms with Gasteiger partial charge in [0.2, 0.25) is 0 Å². The first-order valence-electron chi connectivity index (χ1n) is 6.28. The zero-order valence-corrected chi connectivity index (χ0v) is 10.1. The van der Waals surface area contributed by atoms with E-state index < -0.39 is 0 Å². The quantitative estimate of drug-likeness (QED) is 0.789. The first-order valence-corrected chi connectivity index (χ1v) is 6.28. The molecule has 1 atom stereocenters. The van der Waals surface area contributed by atoms with Crippen molar-refractivity contribution in [3.63, 3.8) is 0 Å². The van der Waals surface area contributed by atoms with Gasteiger partial charge in [0.15, 0.2) is 5.82 Å². The molecule has 0 bridgehead atoms. The van der Waals surface area contributed by atoms with Crippen LogP contribution in [0.25, 0.3) is 0 Å². The third kappa shape index (κ3) is 2.23. The molecule has 0 amide bonds. The van der Waals surface area contributed by atoms with Crippen LogP contribution in [0.3, 0.4) is 0 Å². The van der Waals surface area contributed by atoms with Crippen LogP contribution >= 0.6 is 0 Å². The standard InChI is InChI=1S/C14H17N3/c1-11-7-8-17-14(9-11)15-13(16-17)10-12-5-3-2-4-6-12/h2-6,11H,7-10H2,1H3. The van der Waals surface area contributed by atoms with E-state index in [0.717, 1.165) is 37.0 Å². The molecule has 3 nitrogen and oxygen atoms in total. The van der Waals surface area contributed by atoms with E-state index in [0.29, 0.717) is 0 Å². The molecular weight excluding hydrogens is 210 g/mol. The molecule has 0 spiro atoms. The Morgan fingerprint density at radius 1 is 1.29 bits per heavy atom. The average molecular weight is 227 g/mol. The van der Waals surface area contributed by atoms with Crippen molar-refractivity contribution in [2.24, 2.45) is 5.92 Å². The van der Waals surface area contributed by atoms with E-state index in [-0.39, 0.29) is 0 Å². The number of benzene rings is 1. The summed E-state index contributed by atoms with van der Waals surface area (Å²) >= 11 is 0. The summed E-state index contributed by atoms with van der Waals surface area (Å²) in [5, 5.41) is 4.59. The van der Waals surface area contributed by atoms with E-state index in [2.05, 4.69) is 46.0 Å². The van der Waals surface area contributed by atoms with Gasteiger partial charge < -0.3 is 0 Å². The van der Waals surface area contributed by atoms with Crippen LogP contribution in [-0.2, 0) is 19.4 Å². The minimum atomic E-state index is 0.747. The van der Waals surface area contributed by atoms with Crippen LogP contribution < -0.4 is 0 Å². The number of hydrogen-bond donors (Lipinski definition) is 0. The van der Waals surface area contributed by atoms with Gasteiger partial charge in [0.05, 0.1) is 0 Å². The second-order valence-electron chi connectivity index (χ2n) is 4.93. The van der Waals surface area contributed by atoms with Gasteiger partial charge in [-0.2, -0.15) is 5.10 Å². The van der Waals surface area contributed by atoms with Crippen molar-refractivity contribution in [2.45, 2.75) is 32.7 Å². The second kappa shape index (κ2) is 4.32. The summed E-state index contributed by atoms with van der Waals surface area (Å²) in [7, 11) is 0. The molecule has 0 N–H and O–H groups in total. The van der Waals surface area contributed by atoms with Crippen LogP contribution in [0.1, 0.15) is 30.6 Å². The molecule has 0 saturated heterocycles. The molecule has 1 aliphatic rings. The van der Waals surface area contributed by atoms with Gasteiger partial charge in [-0.15, -0.1) is 0 Å². The van der Waals surface area contributed by atoms with Crippen molar-refractivity contribution in [1.82, 2.24) is 14.8 Å². The summed E-state index contributed by atoms with van der Waals surface area (Å²) in [6.45, 7) is 3.31. The normalized spacial score (nSPS) is 19.0. The molecule has 88 valence electrons. The zero-order chi connectivity index (χ0) is 11.7. The molecule has 0 aliphatic carbocycles. The van der Waals surface area contributed by atoms with Crippen LogP contribution in [0.15, 0.2) is 30.3 Å². The first kappa shape index (κ1) is 10.5. The van der Waals surface area contributed by atoms with E-state index in [1.54, 1.807) is 0 Å². The van der Waals surface area contributed by atoms with Gasteiger partial charge in [0.25, 0.3) is 0 Å². The van der Waals surface area contributed by atoms with E-state index in [4.69, 9.17) is 0 Å². The Morgan fingerprint density at radius 2 is 2.12 bits per heavy atom. The van der Waals surface area contributed by atoms with Crippen molar-refractivity contribution >= 4 is 0 Å². The van der Waals surface area contributed by atoms with Crippen molar-refractivity contribution in [2.75, 3.05) is 0 Å². The Balaban J connectivity index is 1.81. The number of aryl methyl sites for hydroxylation is 1. The van der Waals surface area contributed by atoms with E-state index in [1.165, 1.54) is 12.0 Å². The maximum absolute atomic E-state index is 4.65. The molecule has 1 aliphatic heterocycles. The van der Waals surface area contributed by atoms with Crippen LogP contribution in [0.5, 0.6) is 0 Å². The number of hydrogen-bond acceptors (Lipinski definition) is 2. The Kier molecular flexibility index (Phi) is 2.67. The zero-order valence-electron chi connectivity index (χ0n) is 10.1. The first-order chi connectivity index (χ1) is 8.31. The number of rotatable bonds is 2. The summed E-state index contributed by atoms with van der Waals surface area (Å²) < 4.78 is 2.08. The Labute approximate surface area is 101 Å². The fraction of sp³-hybridized carbons (Fsp3) is 0.429. The lowest BCUT2D eigenvalue weighted by Gasteiger charge is -2.17. The molecule has 0 fully saturated rings. The monoisotopic (exact) mass is 227 g/mol. The molecule has 1 aromatic heterocycles. The van der Waals surface area contributed by atoms with Crippen LogP contribution in [0.2, 0.25) is 0 Å². The van der Waals surface area contributed by atoms with Crippen molar-refractivity contribution in [3.05, 3.63) is 47.5 Å². The maximum Gasteiger partial charge on any atom is 0.155 e. The van der Waals surface area contributed by atoms with Gasteiger partial charge in [-0.1, -0.05) is 37.3 Å². The summed E-state index contributed by atoms with van der Waals surface area (Å²) in [4.78, 5) is 4.65. The van der Waals surface area contributed by atoms with Crippen LogP contribution in [0.4, 0.5) is 0 Å². The third-order valence-corrected chi connectivity index (χ3v) is 3.36. The van der Waals surface area contributed by atoms with Gasteiger partial charge in [-0.3, -0.25) is 0 Å². The highest BCUT2D eigenvalue weighted by Gasteiger charge is 2.18. The fourth-order valence-corrected chi connectivity index (χ4v) is 2.37. The van der Waals surface area contributed by atoms with Crippen LogP contribution in [0, 0.1) is 5.92 Å². The second-order valence-corrected chi connectivity index (χ2v) is 4.93. The van der Waals surface area contributed by atoms with Crippen molar-refractivity contribution in [3.8, 4) is 0 Å². The van der Waals surface area contributed by atoms with E-state index >= 15 is 0 Å². The summed E-state index contributed by atoms with van der Waals surface area (Å²) in [5.41, 5.74) is 1.28. The molecule has 2 aromatic rings. The highest BCUT2D eigenvalue weighted by Crippen LogP contribution is 2.18. The Morgan fingerprint density at radius 3 is 2.94 bits per heavy atom. The number of aromatic nitrogens is 3. The Bertz CT molecular complexity index is 501. The molecule has 0 saturated carbocycles. The SMILES string of the molecule is CC1CCn2nc(Cc3ccccc3)nc2C1. The minimum absolute atomic E-state index is 0.747. The molecule has 3 rings (SSSR count). The molecular formula is C14H17N3. The predicted molar refractivity (Wildman–Crippen MR) is 66.8 cm³/mol. The summed E-state index contributed by atoms with van der Waals surface area (Å²) in [6, 6.07) is 10.4. The Hall–Kier alpha value is -1.64. The van der Waals surface area contributed by atoms with Gasteiger partial charge in [0, 0.05) is 19.4 Å². The average Bonchev–Trinajstić information content (AvgIpc) is 2.71. The topological polar surface area (TPSA) is 30.7 Å². The smallest absolute Gasteiger partial charge is 0.155 e. The molecule has 0 radical (unpaired) electrons. The third-order valence-electron chi connectivity index (χ3n) is 3.36. The summed E-state index contributed by atoms with van der Waals surface area (Å²) in [6.07, 6.45) is 3.14. The van der Waals surface area contributed by atoms with Gasteiger partial charge in [-0.05, 0) is 17.9 Å². The molecule has 3 heteroatoms. The van der Waals surface area contributed by atoms with Gasteiger partial charge in [0.1, 0.15) is 5.82 Å². The van der Waals surface area contributed by atoms with Crippen molar-refractivity contribution in [1.29, 1.82) is 0 Å². The van der Waals surface area contributed by atoms with Gasteiger partial charge in [-0.25, -0.2) is 9.67 Å². The highest BCUT2D eigenvalue weighted by molar-refractivity contribution is 5.18. The summed E-state index contributed by atoms with van der Waals surface area (Å²) in [5.74, 6) is 2.87. The lowest BCUT2D eigenvalue weighted by molar-refractivity contribution is 0.385. The van der Waals surface area contributed by atoms with Crippen LogP contribution in [-0.4, -0.2) is 14.8 Å². The minimum Gasteiger partial charge on any atom is -0.250 e. The van der Waals surface area contributed by atoms with E-state index in [9.17, 15) is 0 Å². The molecule has 1 unspecified atom stereocenters. The number of nitrogens with zero attached hydrogens (tertiary/aromatic N) is 3.